The fourth-order valence-electron chi connectivity index (χ4n) is 4.64. The molecule has 0 bridgehead atoms. The predicted octanol–water partition coefficient (Wildman–Crippen LogP) is 4.84. The van der Waals surface area contributed by atoms with Crippen LogP contribution in [0.5, 0.6) is 0 Å². The molecule has 1 saturated carbocycles. The van der Waals surface area contributed by atoms with Gasteiger partial charge in [0, 0.05) is 37.5 Å². The summed E-state index contributed by atoms with van der Waals surface area (Å²) in [4.78, 5) is 27.9. The Balaban J connectivity index is 0.000000211. The number of amides is 1. The largest absolute Gasteiger partial charge is 0.362 e. The first-order valence-electron chi connectivity index (χ1n) is 12.5. The molecule has 3 N–H and O–H groups in total. The van der Waals surface area contributed by atoms with E-state index < -0.39 is 0 Å². The molecule has 1 fully saturated rings. The molecule has 0 unspecified atom stereocenters. The number of nitrogens with zero attached hydrogens (tertiary/aromatic N) is 3. The quantitative estimate of drug-likeness (QED) is 0.434. The molecule has 0 atom stereocenters. The minimum atomic E-state index is 0.0395. The Bertz CT molecular complexity index is 1080. The van der Waals surface area contributed by atoms with Crippen molar-refractivity contribution < 1.29 is 15.1 Å². The summed E-state index contributed by atoms with van der Waals surface area (Å²) in [5, 5.41) is 7.05. The number of thiophene rings is 1. The Morgan fingerprint density at radius 1 is 1.17 bits per heavy atom. The molecule has 1 amide bonds. The lowest BCUT2D eigenvalue weighted by Crippen LogP contribution is -2.75. The van der Waals surface area contributed by atoms with Crippen LogP contribution in [0.3, 0.4) is 0 Å². The van der Waals surface area contributed by atoms with Crippen molar-refractivity contribution in [2.24, 2.45) is 11.8 Å². The van der Waals surface area contributed by atoms with Gasteiger partial charge in [-0.2, -0.15) is 5.48 Å². The second-order valence-corrected chi connectivity index (χ2v) is 10.4. The van der Waals surface area contributed by atoms with Crippen LogP contribution in [0.25, 0.3) is 10.9 Å². The average Bonchev–Trinajstić information content (AvgIpc) is 3.32. The van der Waals surface area contributed by atoms with Crippen LogP contribution in [0.1, 0.15) is 61.6 Å². The van der Waals surface area contributed by atoms with Crippen molar-refractivity contribution in [3.63, 3.8) is 0 Å². The molecular formula is C27H40N5O2S+. The van der Waals surface area contributed by atoms with Gasteiger partial charge in [-0.3, -0.25) is 4.79 Å². The number of nitrogens with one attached hydrogen (secondary N) is 1. The van der Waals surface area contributed by atoms with Gasteiger partial charge in [-0.15, -0.1) is 0 Å². The molecule has 4 rings (SSSR count). The molecule has 35 heavy (non-hydrogen) atoms. The topological polar surface area (TPSA) is 84.0 Å². The number of carbonyl (C=O) groups is 1. The highest BCUT2D eigenvalue weighted by molar-refractivity contribution is 7.13. The van der Waals surface area contributed by atoms with E-state index in [0.29, 0.717) is 5.92 Å². The summed E-state index contributed by atoms with van der Waals surface area (Å²) in [6.45, 7) is 5.00. The zero-order chi connectivity index (χ0) is 25.2. The third-order valence-electron chi connectivity index (χ3n) is 6.45. The molecule has 0 aliphatic heterocycles. The van der Waals surface area contributed by atoms with E-state index in [2.05, 4.69) is 22.2 Å². The van der Waals surface area contributed by atoms with E-state index in [0.717, 1.165) is 45.6 Å². The second kappa shape index (κ2) is 13.5. The smallest absolute Gasteiger partial charge is 0.252 e. The number of aromatic nitrogens is 2. The first kappa shape index (κ1) is 27.0. The Morgan fingerprint density at radius 3 is 2.57 bits per heavy atom. The Kier molecular flexibility index (Phi) is 10.4. The minimum absolute atomic E-state index is 0.0395. The number of quaternary nitrogens is 1. The fourth-order valence-corrected chi connectivity index (χ4v) is 5.42. The maximum atomic E-state index is 12.1. The van der Waals surface area contributed by atoms with Gasteiger partial charge in [-0.1, -0.05) is 56.1 Å². The van der Waals surface area contributed by atoms with Crippen molar-refractivity contribution in [1.29, 1.82) is 0 Å². The number of aryl methyl sites for hydroxylation is 1. The minimum Gasteiger partial charge on any atom is -0.362 e. The van der Waals surface area contributed by atoms with Gasteiger partial charge in [0.05, 0.1) is 18.2 Å². The Hall–Kier alpha value is -2.55. The van der Waals surface area contributed by atoms with Crippen molar-refractivity contribution in [3.05, 3.63) is 47.1 Å². The summed E-state index contributed by atoms with van der Waals surface area (Å²) in [7, 11) is 5.61. The molecule has 2 aromatic heterocycles. The highest BCUT2D eigenvalue weighted by Crippen LogP contribution is 2.31. The van der Waals surface area contributed by atoms with Crippen molar-refractivity contribution in [2.45, 2.75) is 52.4 Å². The van der Waals surface area contributed by atoms with Crippen molar-refractivity contribution >= 4 is 39.0 Å². The standard InChI is InChI=1S/C16H26N2O2S.C11H13N3/c1-3-4-12-5-7-13(8-6-12)10-17-16(19)14-9-15(18-20-2)21-11-14;1-8-12-10-7-5-4-6-9(10)11(13-8)14(2)3/h9,11-13,18H,3-8,10H2,1-2H3,(H,17,19);4-7H,1-3H3/p+1. The molecule has 0 saturated heterocycles. The van der Waals surface area contributed by atoms with Crippen molar-refractivity contribution in [2.75, 3.05) is 32.6 Å². The van der Waals surface area contributed by atoms with Gasteiger partial charge in [0.25, 0.3) is 5.91 Å². The van der Waals surface area contributed by atoms with E-state index in [1.807, 2.05) is 61.6 Å². The third kappa shape index (κ3) is 7.98. The Morgan fingerprint density at radius 2 is 1.89 bits per heavy atom. The molecule has 190 valence electrons. The normalized spacial score (nSPS) is 17.5. The number of nitrogens with two attached hydrogens (primary N) is 1. The first-order valence-corrected chi connectivity index (χ1v) is 13.4. The van der Waals surface area contributed by atoms with Gasteiger partial charge < -0.3 is 10.2 Å². The summed E-state index contributed by atoms with van der Waals surface area (Å²) in [6, 6.07) is 9.94. The molecule has 8 heteroatoms. The fraction of sp³-hybridized carbons (Fsp3) is 0.519. The summed E-state index contributed by atoms with van der Waals surface area (Å²) in [5.74, 6) is 3.41. The van der Waals surface area contributed by atoms with Crippen molar-refractivity contribution in [3.8, 4) is 0 Å². The van der Waals surface area contributed by atoms with Crippen LogP contribution < -0.4 is 15.7 Å². The number of hydrogen-bond acceptors (Lipinski definition) is 6. The van der Waals surface area contributed by atoms with Crippen LogP contribution in [0.15, 0.2) is 35.7 Å². The van der Waals surface area contributed by atoms with Crippen LogP contribution >= 0.6 is 11.3 Å². The number of benzene rings is 1. The molecular weight excluding hydrogens is 458 g/mol. The summed E-state index contributed by atoms with van der Waals surface area (Å²) in [6.07, 6.45) is 7.85. The van der Waals surface area contributed by atoms with E-state index in [1.54, 1.807) is 12.6 Å². The molecule has 0 spiro atoms. The monoisotopic (exact) mass is 498 g/mol. The number of para-hydroxylation sites is 1. The van der Waals surface area contributed by atoms with Gasteiger partial charge in [0.15, 0.2) is 0 Å². The average molecular weight is 499 g/mol. The maximum Gasteiger partial charge on any atom is 0.252 e. The summed E-state index contributed by atoms with van der Waals surface area (Å²) < 4.78 is 0. The predicted molar refractivity (Wildman–Crippen MR) is 144 cm³/mol. The lowest BCUT2D eigenvalue weighted by molar-refractivity contribution is -0.827. The molecule has 1 aliphatic carbocycles. The zero-order valence-corrected chi connectivity index (χ0v) is 22.5. The Labute approximate surface area is 213 Å². The third-order valence-corrected chi connectivity index (χ3v) is 7.31. The number of anilines is 1. The van der Waals surface area contributed by atoms with E-state index in [4.69, 9.17) is 4.84 Å². The number of rotatable bonds is 8. The van der Waals surface area contributed by atoms with E-state index in [9.17, 15) is 4.79 Å². The number of fused-ring (bicyclic) bond motifs is 1. The number of hydrogen-bond donors (Lipinski definition) is 2. The van der Waals surface area contributed by atoms with Crippen LogP contribution in [0.2, 0.25) is 0 Å². The highest BCUT2D eigenvalue weighted by atomic mass is 32.1. The maximum absolute atomic E-state index is 12.1. The summed E-state index contributed by atoms with van der Waals surface area (Å²) in [5.41, 5.74) is 3.41. The molecule has 3 aromatic rings. The zero-order valence-electron chi connectivity index (χ0n) is 21.7. The lowest BCUT2D eigenvalue weighted by Gasteiger charge is -2.28. The van der Waals surface area contributed by atoms with Crippen LogP contribution in [0, 0.1) is 18.8 Å². The highest BCUT2D eigenvalue weighted by Gasteiger charge is 2.21. The lowest BCUT2D eigenvalue weighted by atomic mass is 9.80. The van der Waals surface area contributed by atoms with Crippen LogP contribution in [0.4, 0.5) is 10.8 Å². The van der Waals surface area contributed by atoms with Crippen molar-refractivity contribution in [1.82, 2.24) is 15.3 Å². The number of carbonyl (C=O) groups excluding carboxylic acids is 1. The first-order chi connectivity index (χ1) is 16.9. The van der Waals surface area contributed by atoms with E-state index in [-0.39, 0.29) is 5.91 Å². The van der Waals surface area contributed by atoms with E-state index in [1.165, 1.54) is 49.9 Å². The SMILES string of the molecule is CCCC1CCC(CNC(=O)c2csc([NH2+]OC)c2)CC1.Cc1nc(N(C)C)c2ccccc2n1. The second-order valence-electron chi connectivity index (χ2n) is 9.48. The molecule has 1 aliphatic rings. The molecule has 7 nitrogen and oxygen atoms in total. The van der Waals surface area contributed by atoms with Crippen LogP contribution in [-0.4, -0.2) is 43.6 Å². The summed E-state index contributed by atoms with van der Waals surface area (Å²) >= 11 is 1.53. The molecule has 2 heterocycles. The molecule has 0 radical (unpaired) electrons. The van der Waals surface area contributed by atoms with Gasteiger partial charge >= 0.3 is 0 Å². The van der Waals surface area contributed by atoms with E-state index >= 15 is 0 Å². The molecule has 1 aromatic carbocycles. The van der Waals surface area contributed by atoms with Crippen LogP contribution in [-0.2, 0) is 4.84 Å². The van der Waals surface area contributed by atoms with Gasteiger partial charge in [0.2, 0.25) is 5.00 Å². The van der Waals surface area contributed by atoms with Gasteiger partial charge in [0.1, 0.15) is 11.6 Å². The van der Waals surface area contributed by atoms with Gasteiger partial charge in [-0.05, 0) is 43.7 Å². The van der Waals surface area contributed by atoms with Gasteiger partial charge in [-0.25, -0.2) is 14.8 Å².